The fourth-order valence-corrected chi connectivity index (χ4v) is 2.43. The lowest BCUT2D eigenvalue weighted by molar-refractivity contribution is 0.251. The first-order valence-electron chi connectivity index (χ1n) is 8.35. The summed E-state index contributed by atoms with van der Waals surface area (Å²) in [6.45, 7) is 0.105. The Balaban J connectivity index is 1.55. The topological polar surface area (TPSA) is 59.6 Å². The molecule has 0 spiro atoms. The fourth-order valence-electron chi connectivity index (χ4n) is 2.43. The van der Waals surface area contributed by atoms with Crippen LogP contribution in [-0.4, -0.2) is 13.1 Å². The molecule has 0 saturated carbocycles. The van der Waals surface area contributed by atoms with Crippen molar-refractivity contribution in [2.24, 2.45) is 0 Å². The van der Waals surface area contributed by atoms with Gasteiger partial charge in [0.2, 0.25) is 0 Å². The number of carbonyl (C=O) groups is 1. The third-order valence-corrected chi connectivity index (χ3v) is 3.81. The molecule has 27 heavy (non-hydrogen) atoms. The molecule has 2 N–H and O–H groups in total. The van der Waals surface area contributed by atoms with Gasteiger partial charge < -0.3 is 20.1 Å². The minimum atomic E-state index is -0.420. The van der Waals surface area contributed by atoms with E-state index in [9.17, 15) is 9.18 Å². The molecule has 0 aliphatic carbocycles. The van der Waals surface area contributed by atoms with Gasteiger partial charge in [-0.25, -0.2) is 9.18 Å². The highest BCUT2D eigenvalue weighted by atomic mass is 19.1. The van der Waals surface area contributed by atoms with Crippen LogP contribution in [0.15, 0.2) is 72.8 Å². The number of nitrogens with one attached hydrogen (secondary N) is 2. The number of para-hydroxylation sites is 2. The molecule has 3 aromatic rings. The van der Waals surface area contributed by atoms with E-state index in [1.807, 2.05) is 18.2 Å². The molecule has 0 atom stereocenters. The van der Waals surface area contributed by atoms with Gasteiger partial charge in [0.25, 0.3) is 0 Å². The molecule has 0 radical (unpaired) electrons. The second-order valence-corrected chi connectivity index (χ2v) is 5.68. The summed E-state index contributed by atoms with van der Waals surface area (Å²) in [5.41, 5.74) is 1.02. The normalized spacial score (nSPS) is 10.1. The SMILES string of the molecule is COc1ccccc1Oc1ccc(NC(=O)NCc2ccccc2F)cc1. The highest BCUT2D eigenvalue weighted by Gasteiger charge is 2.07. The van der Waals surface area contributed by atoms with Crippen molar-refractivity contribution in [1.82, 2.24) is 5.32 Å². The third kappa shape index (κ3) is 4.98. The summed E-state index contributed by atoms with van der Waals surface area (Å²) in [4.78, 5) is 12.0. The minimum Gasteiger partial charge on any atom is -0.493 e. The van der Waals surface area contributed by atoms with Crippen LogP contribution in [0.5, 0.6) is 17.2 Å². The van der Waals surface area contributed by atoms with Crippen LogP contribution in [-0.2, 0) is 6.54 Å². The molecule has 6 heteroatoms. The molecule has 0 aliphatic heterocycles. The molecule has 0 aliphatic rings. The number of hydrogen-bond donors (Lipinski definition) is 2. The van der Waals surface area contributed by atoms with Crippen LogP contribution in [0, 0.1) is 5.82 Å². The molecule has 0 unspecified atom stereocenters. The van der Waals surface area contributed by atoms with Crippen molar-refractivity contribution >= 4 is 11.7 Å². The van der Waals surface area contributed by atoms with Gasteiger partial charge in [-0.3, -0.25) is 0 Å². The second kappa shape index (κ2) is 8.71. The predicted octanol–water partition coefficient (Wildman–Crippen LogP) is 4.95. The van der Waals surface area contributed by atoms with Gasteiger partial charge in [0.05, 0.1) is 7.11 Å². The summed E-state index contributed by atoms with van der Waals surface area (Å²) < 4.78 is 24.6. The van der Waals surface area contributed by atoms with E-state index in [2.05, 4.69) is 10.6 Å². The molecule has 0 bridgehead atoms. The zero-order chi connectivity index (χ0) is 19.1. The quantitative estimate of drug-likeness (QED) is 0.649. The molecular weight excluding hydrogens is 347 g/mol. The zero-order valence-corrected chi connectivity index (χ0v) is 14.7. The summed E-state index contributed by atoms with van der Waals surface area (Å²) in [7, 11) is 1.58. The maximum atomic E-state index is 13.5. The zero-order valence-electron chi connectivity index (χ0n) is 14.7. The summed E-state index contributed by atoms with van der Waals surface area (Å²) in [5.74, 6) is 1.49. The highest BCUT2D eigenvalue weighted by molar-refractivity contribution is 5.89. The van der Waals surface area contributed by atoms with Gasteiger partial charge in [-0.15, -0.1) is 0 Å². The largest absolute Gasteiger partial charge is 0.493 e. The molecule has 2 amide bonds. The Morgan fingerprint density at radius 2 is 1.59 bits per heavy atom. The maximum absolute atomic E-state index is 13.5. The van der Waals surface area contributed by atoms with Crippen molar-refractivity contribution < 1.29 is 18.7 Å². The van der Waals surface area contributed by atoms with E-state index in [1.165, 1.54) is 6.07 Å². The third-order valence-electron chi connectivity index (χ3n) is 3.81. The van der Waals surface area contributed by atoms with Crippen LogP contribution in [0.25, 0.3) is 0 Å². The van der Waals surface area contributed by atoms with Gasteiger partial charge in [0.15, 0.2) is 11.5 Å². The number of halogens is 1. The Morgan fingerprint density at radius 3 is 2.30 bits per heavy atom. The van der Waals surface area contributed by atoms with Crippen molar-refractivity contribution in [3.63, 3.8) is 0 Å². The van der Waals surface area contributed by atoms with Crippen LogP contribution < -0.4 is 20.1 Å². The van der Waals surface area contributed by atoms with Crippen molar-refractivity contribution in [3.8, 4) is 17.2 Å². The number of anilines is 1. The molecule has 0 fully saturated rings. The van der Waals surface area contributed by atoms with E-state index in [-0.39, 0.29) is 12.4 Å². The van der Waals surface area contributed by atoms with Gasteiger partial charge in [-0.1, -0.05) is 30.3 Å². The molecule has 5 nitrogen and oxygen atoms in total. The number of amides is 2. The fraction of sp³-hybridized carbons (Fsp3) is 0.0952. The average Bonchev–Trinajstić information content (AvgIpc) is 2.69. The van der Waals surface area contributed by atoms with Gasteiger partial charge in [-0.2, -0.15) is 0 Å². The van der Waals surface area contributed by atoms with E-state index < -0.39 is 6.03 Å². The van der Waals surface area contributed by atoms with Crippen molar-refractivity contribution in [1.29, 1.82) is 0 Å². The van der Waals surface area contributed by atoms with Crippen molar-refractivity contribution in [2.75, 3.05) is 12.4 Å². The Labute approximate surface area is 156 Å². The molecular formula is C21H19FN2O3. The van der Waals surface area contributed by atoms with E-state index in [1.54, 1.807) is 55.6 Å². The minimum absolute atomic E-state index is 0.105. The lowest BCUT2D eigenvalue weighted by Gasteiger charge is -2.11. The standard InChI is InChI=1S/C21H19FN2O3/c1-26-19-8-4-5-9-20(19)27-17-12-10-16(11-13-17)24-21(25)23-14-15-6-2-3-7-18(15)22/h2-13H,14H2,1H3,(H2,23,24,25). The number of urea groups is 1. The molecule has 3 rings (SSSR count). The number of benzene rings is 3. The van der Waals surface area contributed by atoms with Gasteiger partial charge in [0.1, 0.15) is 11.6 Å². The van der Waals surface area contributed by atoms with E-state index >= 15 is 0 Å². The molecule has 138 valence electrons. The first-order chi connectivity index (χ1) is 13.2. The molecule has 0 saturated heterocycles. The lowest BCUT2D eigenvalue weighted by atomic mass is 10.2. The Bertz CT molecular complexity index is 913. The van der Waals surface area contributed by atoms with E-state index in [0.717, 1.165) is 0 Å². The number of hydrogen-bond acceptors (Lipinski definition) is 3. The second-order valence-electron chi connectivity index (χ2n) is 5.68. The van der Waals surface area contributed by atoms with Crippen molar-refractivity contribution in [3.05, 3.63) is 84.2 Å². The molecule has 0 aromatic heterocycles. The van der Waals surface area contributed by atoms with E-state index in [4.69, 9.17) is 9.47 Å². The van der Waals surface area contributed by atoms with Crippen LogP contribution in [0.2, 0.25) is 0 Å². The van der Waals surface area contributed by atoms with Crippen LogP contribution in [0.3, 0.4) is 0 Å². The summed E-state index contributed by atoms with van der Waals surface area (Å²) in [5, 5.41) is 5.31. The Kier molecular flexibility index (Phi) is 5.89. The summed E-state index contributed by atoms with van der Waals surface area (Å²) >= 11 is 0. The number of methoxy groups -OCH3 is 1. The Hall–Kier alpha value is -3.54. The number of rotatable bonds is 6. The number of ether oxygens (including phenoxy) is 2. The summed E-state index contributed by atoms with van der Waals surface area (Å²) in [6.07, 6.45) is 0. The molecule has 3 aromatic carbocycles. The predicted molar refractivity (Wildman–Crippen MR) is 102 cm³/mol. The smallest absolute Gasteiger partial charge is 0.319 e. The van der Waals surface area contributed by atoms with Crippen LogP contribution in [0.1, 0.15) is 5.56 Å². The Morgan fingerprint density at radius 1 is 0.926 bits per heavy atom. The summed E-state index contributed by atoms with van der Waals surface area (Å²) in [6, 6.07) is 20.1. The highest BCUT2D eigenvalue weighted by Crippen LogP contribution is 2.31. The van der Waals surface area contributed by atoms with Crippen molar-refractivity contribution in [2.45, 2.75) is 6.54 Å². The maximum Gasteiger partial charge on any atom is 0.319 e. The van der Waals surface area contributed by atoms with Gasteiger partial charge in [0, 0.05) is 17.8 Å². The average molecular weight is 366 g/mol. The first kappa shape index (κ1) is 18.3. The monoisotopic (exact) mass is 366 g/mol. The van der Waals surface area contributed by atoms with Gasteiger partial charge in [-0.05, 0) is 42.5 Å². The molecule has 0 heterocycles. The van der Waals surface area contributed by atoms with E-state index in [0.29, 0.717) is 28.5 Å². The van der Waals surface area contributed by atoms with Gasteiger partial charge >= 0.3 is 6.03 Å². The van der Waals surface area contributed by atoms with Crippen LogP contribution >= 0.6 is 0 Å². The lowest BCUT2D eigenvalue weighted by Crippen LogP contribution is -2.28. The van der Waals surface area contributed by atoms with Crippen LogP contribution in [0.4, 0.5) is 14.9 Å². The number of carbonyl (C=O) groups excluding carboxylic acids is 1. The first-order valence-corrected chi connectivity index (χ1v) is 8.35.